The van der Waals surface area contributed by atoms with Gasteiger partial charge in [-0.25, -0.2) is 0 Å². The van der Waals surface area contributed by atoms with Gasteiger partial charge in [-0.05, 0) is 12.8 Å². The predicted octanol–water partition coefficient (Wildman–Crippen LogP) is 1.35. The summed E-state index contributed by atoms with van der Waals surface area (Å²) in [6, 6.07) is 0. The number of unbranched alkanes of at least 4 members (excludes halogenated alkanes) is 1. The fourth-order valence-electron chi connectivity index (χ4n) is 0.664. The second-order valence-electron chi connectivity index (χ2n) is 2.16. The summed E-state index contributed by atoms with van der Waals surface area (Å²) in [5.74, 6) is 0.612. The molecule has 0 aromatic rings. The van der Waals surface area contributed by atoms with E-state index in [4.69, 9.17) is 16.7 Å². The lowest BCUT2D eigenvalue weighted by atomic mass is 10.1. The summed E-state index contributed by atoms with van der Waals surface area (Å²) in [7, 11) is 0. The number of aliphatic hydroxyl groups is 1. The molecule has 1 N–H and O–H groups in total. The molecule has 0 atom stereocenters. The van der Waals surface area contributed by atoms with Crippen molar-refractivity contribution >= 4 is 17.4 Å². The molecule has 0 rings (SSSR count). The zero-order valence-corrected chi connectivity index (χ0v) is 6.73. The maximum absolute atomic E-state index is 10.8. The fraction of sp³-hybridized carbons (Fsp3) is 0.857. The Morgan fingerprint density at radius 2 is 2.00 bits per heavy atom. The van der Waals surface area contributed by atoms with E-state index in [2.05, 4.69) is 0 Å². The molecular weight excluding hydrogens is 152 g/mol. The zero-order valence-electron chi connectivity index (χ0n) is 5.98. The maximum Gasteiger partial charge on any atom is 0.134 e. The molecule has 10 heavy (non-hydrogen) atoms. The summed E-state index contributed by atoms with van der Waals surface area (Å²) >= 11 is 5.34. The number of rotatable bonds is 6. The topological polar surface area (TPSA) is 37.3 Å². The van der Waals surface area contributed by atoms with Crippen LogP contribution in [0.5, 0.6) is 0 Å². The number of hydrogen-bond acceptors (Lipinski definition) is 2. The van der Waals surface area contributed by atoms with Gasteiger partial charge in [0.1, 0.15) is 5.78 Å². The maximum atomic E-state index is 10.8. The number of carbonyl (C=O) groups is 1. The van der Waals surface area contributed by atoms with E-state index >= 15 is 0 Å². The minimum Gasteiger partial charge on any atom is -0.396 e. The third-order valence-corrected chi connectivity index (χ3v) is 1.43. The molecule has 0 spiro atoms. The summed E-state index contributed by atoms with van der Waals surface area (Å²) in [6.07, 6.45) is 2.53. The van der Waals surface area contributed by atoms with E-state index in [1.807, 2.05) is 0 Å². The number of halogens is 1. The Bertz CT molecular complexity index is 93.6. The highest BCUT2D eigenvalue weighted by molar-refractivity contribution is 6.19. The van der Waals surface area contributed by atoms with Gasteiger partial charge in [-0.3, -0.25) is 4.79 Å². The Balaban J connectivity index is 3.05. The summed E-state index contributed by atoms with van der Waals surface area (Å²) < 4.78 is 0. The summed E-state index contributed by atoms with van der Waals surface area (Å²) in [5, 5.41) is 8.37. The molecule has 60 valence electrons. The molecule has 0 amide bonds. The van der Waals surface area contributed by atoms with Gasteiger partial charge in [0.05, 0.1) is 0 Å². The van der Waals surface area contributed by atoms with Crippen molar-refractivity contribution in [2.24, 2.45) is 0 Å². The van der Waals surface area contributed by atoms with Gasteiger partial charge in [-0.2, -0.15) is 0 Å². The molecule has 0 unspecified atom stereocenters. The van der Waals surface area contributed by atoms with Crippen molar-refractivity contribution in [1.82, 2.24) is 0 Å². The Morgan fingerprint density at radius 1 is 1.30 bits per heavy atom. The van der Waals surface area contributed by atoms with Gasteiger partial charge < -0.3 is 5.11 Å². The van der Waals surface area contributed by atoms with Crippen LogP contribution in [0.25, 0.3) is 0 Å². The van der Waals surface area contributed by atoms with Crippen LogP contribution in [-0.4, -0.2) is 23.4 Å². The first-order valence-corrected chi connectivity index (χ1v) is 4.03. The standard InChI is InChI=1S/C7H13ClO2/c8-5-4-7(10)3-1-2-6-9/h9H,1-6H2. The molecular formula is C7H13ClO2. The van der Waals surface area contributed by atoms with Crippen LogP contribution in [-0.2, 0) is 4.79 Å². The molecule has 0 heterocycles. The normalized spacial score (nSPS) is 9.80. The molecule has 0 aliphatic heterocycles. The molecule has 0 radical (unpaired) electrons. The lowest BCUT2D eigenvalue weighted by Gasteiger charge is -1.95. The number of carbonyl (C=O) groups excluding carboxylic acids is 1. The highest BCUT2D eigenvalue weighted by Gasteiger charge is 1.98. The van der Waals surface area contributed by atoms with Crippen LogP contribution in [0.3, 0.4) is 0 Å². The zero-order chi connectivity index (χ0) is 7.82. The number of hydrogen-bond donors (Lipinski definition) is 1. The van der Waals surface area contributed by atoms with Crippen molar-refractivity contribution in [1.29, 1.82) is 0 Å². The van der Waals surface area contributed by atoms with Crippen molar-refractivity contribution in [3.63, 3.8) is 0 Å². The van der Waals surface area contributed by atoms with Crippen LogP contribution in [0.1, 0.15) is 25.7 Å². The summed E-state index contributed by atoms with van der Waals surface area (Å²) in [4.78, 5) is 10.8. The molecule has 0 aromatic heterocycles. The van der Waals surface area contributed by atoms with Gasteiger partial charge in [-0.1, -0.05) is 0 Å². The van der Waals surface area contributed by atoms with E-state index in [0.717, 1.165) is 6.42 Å². The van der Waals surface area contributed by atoms with Gasteiger partial charge in [0.25, 0.3) is 0 Å². The van der Waals surface area contributed by atoms with Crippen LogP contribution < -0.4 is 0 Å². The minimum atomic E-state index is 0.175. The first-order chi connectivity index (χ1) is 4.81. The summed E-state index contributed by atoms with van der Waals surface area (Å²) in [6.45, 7) is 0.175. The molecule has 0 saturated carbocycles. The van der Waals surface area contributed by atoms with Crippen LogP contribution >= 0.6 is 11.6 Å². The molecule has 2 nitrogen and oxygen atoms in total. The van der Waals surface area contributed by atoms with Crippen molar-refractivity contribution in [3.05, 3.63) is 0 Å². The van der Waals surface area contributed by atoms with Gasteiger partial charge >= 0.3 is 0 Å². The van der Waals surface area contributed by atoms with E-state index in [0.29, 0.717) is 25.1 Å². The minimum absolute atomic E-state index is 0.175. The third kappa shape index (κ3) is 6.05. The first-order valence-electron chi connectivity index (χ1n) is 3.49. The van der Waals surface area contributed by atoms with Crippen LogP contribution in [0.4, 0.5) is 0 Å². The number of aliphatic hydroxyl groups excluding tert-OH is 1. The lowest BCUT2D eigenvalue weighted by Crippen LogP contribution is -1.98. The number of ketones is 1. The Hall–Kier alpha value is -0.0800. The first kappa shape index (κ1) is 9.92. The van der Waals surface area contributed by atoms with E-state index < -0.39 is 0 Å². The fourth-order valence-corrected chi connectivity index (χ4v) is 0.875. The van der Waals surface area contributed by atoms with Crippen LogP contribution in [0.15, 0.2) is 0 Å². The SMILES string of the molecule is O=C(CCCl)CCCCO. The average Bonchev–Trinajstić information content (AvgIpc) is 1.89. The lowest BCUT2D eigenvalue weighted by molar-refractivity contribution is -0.118. The van der Waals surface area contributed by atoms with Gasteiger partial charge in [0.15, 0.2) is 0 Å². The Labute approximate surface area is 66.2 Å². The molecule has 0 fully saturated rings. The largest absolute Gasteiger partial charge is 0.396 e. The molecule has 0 saturated heterocycles. The van der Waals surface area contributed by atoms with Gasteiger partial charge in [-0.15, -0.1) is 11.6 Å². The second-order valence-corrected chi connectivity index (χ2v) is 2.54. The molecule has 3 heteroatoms. The molecule has 0 aliphatic carbocycles. The van der Waals surface area contributed by atoms with Gasteiger partial charge in [0.2, 0.25) is 0 Å². The Kier molecular flexibility index (Phi) is 6.98. The number of alkyl halides is 1. The average molecular weight is 165 g/mol. The van der Waals surface area contributed by atoms with Crippen molar-refractivity contribution in [2.45, 2.75) is 25.7 Å². The van der Waals surface area contributed by atoms with Crippen LogP contribution in [0.2, 0.25) is 0 Å². The molecule has 0 aromatic carbocycles. The molecule has 0 aliphatic rings. The van der Waals surface area contributed by atoms with Crippen molar-refractivity contribution < 1.29 is 9.90 Å². The predicted molar refractivity (Wildman–Crippen MR) is 41.3 cm³/mol. The van der Waals surface area contributed by atoms with Crippen molar-refractivity contribution in [3.8, 4) is 0 Å². The van der Waals surface area contributed by atoms with E-state index in [9.17, 15) is 4.79 Å². The van der Waals surface area contributed by atoms with Crippen LogP contribution in [0, 0.1) is 0 Å². The molecule has 0 bridgehead atoms. The van der Waals surface area contributed by atoms with E-state index in [1.165, 1.54) is 0 Å². The number of Topliss-reactive ketones (excluding diaryl/α,β-unsaturated/α-hetero) is 1. The third-order valence-electron chi connectivity index (χ3n) is 1.24. The quantitative estimate of drug-likeness (QED) is 0.475. The Morgan fingerprint density at radius 3 is 2.50 bits per heavy atom. The highest BCUT2D eigenvalue weighted by atomic mass is 35.5. The highest BCUT2D eigenvalue weighted by Crippen LogP contribution is 1.99. The smallest absolute Gasteiger partial charge is 0.134 e. The van der Waals surface area contributed by atoms with E-state index in [1.54, 1.807) is 0 Å². The monoisotopic (exact) mass is 164 g/mol. The van der Waals surface area contributed by atoms with E-state index in [-0.39, 0.29) is 12.4 Å². The van der Waals surface area contributed by atoms with Crippen molar-refractivity contribution in [2.75, 3.05) is 12.5 Å². The summed E-state index contributed by atoms with van der Waals surface area (Å²) in [5.41, 5.74) is 0. The second kappa shape index (κ2) is 7.03. The van der Waals surface area contributed by atoms with Gasteiger partial charge in [0, 0.05) is 25.3 Å².